The van der Waals surface area contributed by atoms with E-state index in [0.29, 0.717) is 19.4 Å². The molecule has 1 heterocycles. The monoisotopic (exact) mass is 256 g/mol. The van der Waals surface area contributed by atoms with E-state index in [0.717, 1.165) is 4.90 Å². The minimum absolute atomic E-state index is 0.0409. The van der Waals surface area contributed by atoms with Crippen molar-refractivity contribution in [3.63, 3.8) is 0 Å². The Labute approximate surface area is 106 Å². The minimum atomic E-state index is -1.17. The zero-order valence-corrected chi connectivity index (χ0v) is 11.0. The molecular formula is C12H20N2O4. The zero-order valence-electron chi connectivity index (χ0n) is 11.0. The fourth-order valence-electron chi connectivity index (χ4n) is 2.25. The minimum Gasteiger partial charge on any atom is -0.480 e. The summed E-state index contributed by atoms with van der Waals surface area (Å²) in [5, 5.41) is 12.1. The SMILES string of the molecule is CCCC(C)(NC1CC(=O)N(CC)C1=O)C(=O)O. The summed E-state index contributed by atoms with van der Waals surface area (Å²) in [5.41, 5.74) is -1.17. The highest BCUT2D eigenvalue weighted by atomic mass is 16.4. The molecule has 0 aromatic heterocycles. The second kappa shape index (κ2) is 5.48. The molecule has 0 radical (unpaired) electrons. The van der Waals surface area contributed by atoms with Crippen molar-refractivity contribution in [2.45, 2.75) is 51.6 Å². The molecule has 1 rings (SSSR count). The molecular weight excluding hydrogens is 236 g/mol. The molecule has 0 bridgehead atoms. The highest BCUT2D eigenvalue weighted by molar-refractivity contribution is 6.05. The topological polar surface area (TPSA) is 86.7 Å². The van der Waals surface area contributed by atoms with Gasteiger partial charge in [0.05, 0.1) is 12.5 Å². The zero-order chi connectivity index (χ0) is 13.9. The lowest BCUT2D eigenvalue weighted by Crippen LogP contribution is -2.55. The predicted octanol–water partition coefficient (Wildman–Crippen LogP) is 0.367. The first-order chi connectivity index (χ1) is 8.35. The van der Waals surface area contributed by atoms with Gasteiger partial charge in [-0.05, 0) is 20.3 Å². The molecule has 1 saturated heterocycles. The second-order valence-corrected chi connectivity index (χ2v) is 4.76. The van der Waals surface area contributed by atoms with E-state index < -0.39 is 17.6 Å². The van der Waals surface area contributed by atoms with Gasteiger partial charge < -0.3 is 5.11 Å². The Morgan fingerprint density at radius 2 is 2.11 bits per heavy atom. The maximum atomic E-state index is 11.9. The molecule has 1 aliphatic rings. The largest absolute Gasteiger partial charge is 0.480 e. The lowest BCUT2D eigenvalue weighted by atomic mass is 9.95. The maximum absolute atomic E-state index is 11.9. The van der Waals surface area contributed by atoms with Crippen LogP contribution in [0.2, 0.25) is 0 Å². The standard InChI is InChI=1S/C12H20N2O4/c1-4-6-12(3,11(17)18)13-8-7-9(15)14(5-2)10(8)16/h8,13H,4-7H2,1-3H3,(H,17,18). The smallest absolute Gasteiger partial charge is 0.323 e. The van der Waals surface area contributed by atoms with Crippen molar-refractivity contribution in [3.8, 4) is 0 Å². The Morgan fingerprint density at radius 1 is 1.50 bits per heavy atom. The Hall–Kier alpha value is -1.43. The van der Waals surface area contributed by atoms with Crippen molar-refractivity contribution in [2.75, 3.05) is 6.54 Å². The molecule has 102 valence electrons. The average Bonchev–Trinajstić information content (AvgIpc) is 2.53. The van der Waals surface area contributed by atoms with Crippen molar-refractivity contribution < 1.29 is 19.5 Å². The molecule has 6 nitrogen and oxygen atoms in total. The van der Waals surface area contributed by atoms with Gasteiger partial charge in [0.1, 0.15) is 5.54 Å². The van der Waals surface area contributed by atoms with E-state index >= 15 is 0 Å². The fraction of sp³-hybridized carbons (Fsp3) is 0.750. The van der Waals surface area contributed by atoms with Gasteiger partial charge in [0.25, 0.3) is 0 Å². The summed E-state index contributed by atoms with van der Waals surface area (Å²) >= 11 is 0. The molecule has 2 amide bonds. The normalized spacial score (nSPS) is 23.3. The molecule has 0 aromatic rings. The Kier molecular flexibility index (Phi) is 4.45. The third-order valence-corrected chi connectivity index (χ3v) is 3.27. The lowest BCUT2D eigenvalue weighted by molar-refractivity contribution is -0.145. The van der Waals surface area contributed by atoms with Gasteiger partial charge in [-0.25, -0.2) is 0 Å². The molecule has 6 heteroatoms. The van der Waals surface area contributed by atoms with Crippen LogP contribution in [0.15, 0.2) is 0 Å². The Balaban J connectivity index is 2.81. The van der Waals surface area contributed by atoms with Crippen LogP contribution in [0.3, 0.4) is 0 Å². The van der Waals surface area contributed by atoms with Gasteiger partial charge in [-0.3, -0.25) is 24.6 Å². The summed E-state index contributed by atoms with van der Waals surface area (Å²) in [7, 11) is 0. The molecule has 0 saturated carbocycles. The van der Waals surface area contributed by atoms with Crippen LogP contribution in [-0.4, -0.2) is 45.9 Å². The van der Waals surface area contributed by atoms with E-state index in [-0.39, 0.29) is 18.2 Å². The third-order valence-electron chi connectivity index (χ3n) is 3.27. The number of carbonyl (C=O) groups excluding carboxylic acids is 2. The summed E-state index contributed by atoms with van der Waals surface area (Å²) in [6.07, 6.45) is 1.13. The Bertz CT molecular complexity index is 369. The summed E-state index contributed by atoms with van der Waals surface area (Å²) in [4.78, 5) is 35.9. The van der Waals surface area contributed by atoms with Gasteiger partial charge in [-0.2, -0.15) is 0 Å². The average molecular weight is 256 g/mol. The molecule has 2 N–H and O–H groups in total. The van der Waals surface area contributed by atoms with Gasteiger partial charge in [0, 0.05) is 6.54 Å². The van der Waals surface area contributed by atoms with Crippen LogP contribution in [-0.2, 0) is 14.4 Å². The molecule has 1 fully saturated rings. The van der Waals surface area contributed by atoms with Crippen molar-refractivity contribution >= 4 is 17.8 Å². The number of likely N-dealkylation sites (tertiary alicyclic amines) is 1. The number of amides is 2. The van der Waals surface area contributed by atoms with Gasteiger partial charge in [-0.15, -0.1) is 0 Å². The van der Waals surface area contributed by atoms with Crippen molar-refractivity contribution in [1.29, 1.82) is 0 Å². The third kappa shape index (κ3) is 2.69. The number of carbonyl (C=O) groups is 3. The van der Waals surface area contributed by atoms with Crippen LogP contribution in [0.1, 0.15) is 40.0 Å². The van der Waals surface area contributed by atoms with E-state index in [9.17, 15) is 19.5 Å². The van der Waals surface area contributed by atoms with E-state index in [2.05, 4.69) is 5.32 Å². The van der Waals surface area contributed by atoms with Crippen LogP contribution in [0, 0.1) is 0 Å². The van der Waals surface area contributed by atoms with E-state index in [4.69, 9.17) is 0 Å². The maximum Gasteiger partial charge on any atom is 0.323 e. The first-order valence-electron chi connectivity index (χ1n) is 6.21. The van der Waals surface area contributed by atoms with Gasteiger partial charge in [-0.1, -0.05) is 13.3 Å². The van der Waals surface area contributed by atoms with Crippen molar-refractivity contribution in [2.24, 2.45) is 0 Å². The number of carboxylic acid groups (broad SMARTS) is 1. The number of carboxylic acids is 1. The van der Waals surface area contributed by atoms with Crippen molar-refractivity contribution in [3.05, 3.63) is 0 Å². The van der Waals surface area contributed by atoms with Crippen molar-refractivity contribution in [1.82, 2.24) is 10.2 Å². The number of nitrogens with one attached hydrogen (secondary N) is 1. The summed E-state index contributed by atoms with van der Waals surface area (Å²) in [6.45, 7) is 5.47. The van der Waals surface area contributed by atoms with Crippen LogP contribution in [0.25, 0.3) is 0 Å². The van der Waals surface area contributed by atoms with E-state index in [1.54, 1.807) is 13.8 Å². The molecule has 2 atom stereocenters. The number of hydrogen-bond donors (Lipinski definition) is 2. The first-order valence-corrected chi connectivity index (χ1v) is 6.21. The molecule has 0 spiro atoms. The van der Waals surface area contributed by atoms with Gasteiger partial charge >= 0.3 is 5.97 Å². The lowest BCUT2D eigenvalue weighted by Gasteiger charge is -2.28. The molecule has 0 aromatic carbocycles. The van der Waals surface area contributed by atoms with Crippen LogP contribution < -0.4 is 5.32 Å². The molecule has 1 aliphatic heterocycles. The van der Waals surface area contributed by atoms with Gasteiger partial charge in [0.15, 0.2) is 0 Å². The number of rotatable bonds is 6. The summed E-state index contributed by atoms with van der Waals surface area (Å²) in [5.74, 6) is -1.57. The van der Waals surface area contributed by atoms with E-state index in [1.165, 1.54) is 0 Å². The number of aliphatic carboxylic acids is 1. The highest BCUT2D eigenvalue weighted by Gasteiger charge is 2.43. The quantitative estimate of drug-likeness (QED) is 0.670. The van der Waals surface area contributed by atoms with Crippen LogP contribution in [0.5, 0.6) is 0 Å². The summed E-state index contributed by atoms with van der Waals surface area (Å²) in [6, 6.07) is -0.718. The molecule has 2 unspecified atom stereocenters. The fourth-order valence-corrected chi connectivity index (χ4v) is 2.25. The number of nitrogens with zero attached hydrogens (tertiary/aromatic N) is 1. The number of imide groups is 1. The van der Waals surface area contributed by atoms with Gasteiger partial charge in [0.2, 0.25) is 11.8 Å². The molecule has 18 heavy (non-hydrogen) atoms. The Morgan fingerprint density at radius 3 is 2.50 bits per heavy atom. The van der Waals surface area contributed by atoms with E-state index in [1.807, 2.05) is 6.92 Å². The second-order valence-electron chi connectivity index (χ2n) is 4.76. The molecule has 0 aliphatic carbocycles. The van der Waals surface area contributed by atoms with Crippen LogP contribution in [0.4, 0.5) is 0 Å². The summed E-state index contributed by atoms with van der Waals surface area (Å²) < 4.78 is 0. The highest BCUT2D eigenvalue weighted by Crippen LogP contribution is 2.19. The first kappa shape index (κ1) is 14.6. The van der Waals surface area contributed by atoms with Crippen LogP contribution >= 0.6 is 0 Å². The predicted molar refractivity (Wildman–Crippen MR) is 64.9 cm³/mol. The number of hydrogen-bond acceptors (Lipinski definition) is 4. The number of likely N-dealkylation sites (N-methyl/N-ethyl adjacent to an activating group) is 1.